The lowest BCUT2D eigenvalue weighted by atomic mass is 10.2. The summed E-state index contributed by atoms with van der Waals surface area (Å²) < 4.78 is 20.4. The van der Waals surface area contributed by atoms with Crippen molar-refractivity contribution < 1.29 is 13.9 Å². The summed E-state index contributed by atoms with van der Waals surface area (Å²) in [5.41, 5.74) is 1.05. The van der Waals surface area contributed by atoms with E-state index in [0.717, 1.165) is 25.9 Å². The number of aromatic nitrogens is 4. The molecule has 2 N–H and O–H groups in total. The van der Waals surface area contributed by atoms with Crippen LogP contribution in [0.3, 0.4) is 0 Å². The van der Waals surface area contributed by atoms with Crippen molar-refractivity contribution in [1.82, 2.24) is 24.4 Å². The minimum atomic E-state index is -0.352. The highest BCUT2D eigenvalue weighted by Crippen LogP contribution is 2.25. The number of likely N-dealkylation sites (tertiary alicyclic amines) is 1. The highest BCUT2D eigenvalue weighted by atomic mass is 19.1. The van der Waals surface area contributed by atoms with Gasteiger partial charge in [0.25, 0.3) is 5.56 Å². The molecule has 0 bridgehead atoms. The van der Waals surface area contributed by atoms with Gasteiger partial charge in [0.2, 0.25) is 5.95 Å². The van der Waals surface area contributed by atoms with E-state index in [1.54, 1.807) is 54.5 Å². The Balaban J connectivity index is 1.27. The summed E-state index contributed by atoms with van der Waals surface area (Å²) >= 11 is 0. The van der Waals surface area contributed by atoms with Gasteiger partial charge in [-0.25, -0.2) is 19.2 Å². The number of hydrogen-bond donors (Lipinski definition) is 2. The number of amides is 2. The highest BCUT2D eigenvalue weighted by molar-refractivity contribution is 5.88. The Morgan fingerprint density at radius 1 is 0.973 bits per heavy atom. The molecule has 10 nitrogen and oxygen atoms in total. The smallest absolute Gasteiger partial charge is 0.323 e. The standard InChI is InChI=1S/C26H24FN7O3/c1-33-24(35)21(16-30-25(33)31-18-6-4-17(27)5-7-18)22-9-8-20(15-29-22)37-19-10-11-28-23(14-19)32-26(36)34-12-2-3-13-34/h4-11,14-16H,2-3,12-13H2,1H3,(H,30,31)(H,28,32,36). The summed E-state index contributed by atoms with van der Waals surface area (Å²) in [6, 6.07) is 12.2. The van der Waals surface area contributed by atoms with E-state index >= 15 is 0 Å². The topological polar surface area (TPSA) is 114 Å². The third-order valence-corrected chi connectivity index (χ3v) is 5.88. The van der Waals surface area contributed by atoms with Crippen LogP contribution >= 0.6 is 0 Å². The Morgan fingerprint density at radius 3 is 2.49 bits per heavy atom. The maximum atomic E-state index is 13.1. The molecule has 37 heavy (non-hydrogen) atoms. The van der Waals surface area contributed by atoms with Gasteiger partial charge in [-0.3, -0.25) is 19.7 Å². The second kappa shape index (κ2) is 10.4. The lowest BCUT2D eigenvalue weighted by Crippen LogP contribution is -2.32. The molecule has 1 aliphatic rings. The lowest BCUT2D eigenvalue weighted by Gasteiger charge is -2.16. The van der Waals surface area contributed by atoms with E-state index in [-0.39, 0.29) is 17.4 Å². The number of nitrogens with one attached hydrogen (secondary N) is 2. The van der Waals surface area contributed by atoms with Crippen molar-refractivity contribution in [1.29, 1.82) is 0 Å². The number of anilines is 3. The van der Waals surface area contributed by atoms with Crippen LogP contribution in [0.1, 0.15) is 12.8 Å². The quantitative estimate of drug-likeness (QED) is 0.399. The van der Waals surface area contributed by atoms with Crippen LogP contribution in [0, 0.1) is 5.82 Å². The molecule has 3 aromatic heterocycles. The number of rotatable bonds is 6. The van der Waals surface area contributed by atoms with Crippen LogP contribution in [0.5, 0.6) is 11.5 Å². The predicted octanol–water partition coefficient (Wildman–Crippen LogP) is 4.54. The first kappa shape index (κ1) is 23.9. The van der Waals surface area contributed by atoms with Crippen molar-refractivity contribution in [2.24, 2.45) is 7.05 Å². The summed E-state index contributed by atoms with van der Waals surface area (Å²) in [5, 5.41) is 5.79. The fourth-order valence-corrected chi connectivity index (χ4v) is 3.89. The molecule has 0 unspecified atom stereocenters. The molecule has 0 atom stereocenters. The predicted molar refractivity (Wildman–Crippen MR) is 137 cm³/mol. The minimum Gasteiger partial charge on any atom is -0.456 e. The SMILES string of the molecule is Cn1c(Nc2ccc(F)cc2)ncc(-c2ccc(Oc3ccnc(NC(=O)N4CCCC4)c3)cn2)c1=O. The second-order valence-corrected chi connectivity index (χ2v) is 8.47. The summed E-state index contributed by atoms with van der Waals surface area (Å²) in [4.78, 5) is 39.9. The largest absolute Gasteiger partial charge is 0.456 e. The zero-order valence-corrected chi connectivity index (χ0v) is 20.0. The molecule has 188 valence electrons. The van der Waals surface area contributed by atoms with Gasteiger partial charge in [0.05, 0.1) is 17.5 Å². The Hall–Kier alpha value is -4.80. The molecule has 1 aromatic carbocycles. The lowest BCUT2D eigenvalue weighted by molar-refractivity contribution is 0.222. The molecule has 1 saturated heterocycles. The molecule has 0 radical (unpaired) electrons. The van der Waals surface area contributed by atoms with Gasteiger partial charge in [-0.05, 0) is 55.3 Å². The molecule has 1 aliphatic heterocycles. The molecule has 2 amide bonds. The number of hydrogen-bond acceptors (Lipinski definition) is 7. The van der Waals surface area contributed by atoms with Crippen molar-refractivity contribution in [2.75, 3.05) is 23.7 Å². The van der Waals surface area contributed by atoms with Gasteiger partial charge in [0, 0.05) is 44.3 Å². The molecule has 4 heterocycles. The van der Waals surface area contributed by atoms with Crippen LogP contribution in [0.15, 0.2) is 71.9 Å². The molecule has 11 heteroatoms. The first-order chi connectivity index (χ1) is 18.0. The average Bonchev–Trinajstić information content (AvgIpc) is 3.45. The molecular formula is C26H24FN7O3. The fraction of sp³-hybridized carbons (Fsp3) is 0.192. The van der Waals surface area contributed by atoms with Crippen molar-refractivity contribution >= 4 is 23.5 Å². The maximum absolute atomic E-state index is 13.1. The number of urea groups is 1. The summed E-state index contributed by atoms with van der Waals surface area (Å²) in [5.74, 6) is 1.28. The Bertz CT molecular complexity index is 1470. The molecule has 0 aliphatic carbocycles. The molecule has 5 rings (SSSR count). The minimum absolute atomic E-state index is 0.178. The molecule has 4 aromatic rings. The van der Waals surface area contributed by atoms with Gasteiger partial charge in [0.1, 0.15) is 23.1 Å². The third kappa shape index (κ3) is 5.56. The van der Waals surface area contributed by atoms with Crippen molar-refractivity contribution in [3.63, 3.8) is 0 Å². The van der Waals surface area contributed by atoms with E-state index in [2.05, 4.69) is 25.6 Å². The van der Waals surface area contributed by atoms with E-state index in [0.29, 0.717) is 40.2 Å². The van der Waals surface area contributed by atoms with Gasteiger partial charge in [0.15, 0.2) is 0 Å². The zero-order chi connectivity index (χ0) is 25.8. The number of halogens is 1. The van der Waals surface area contributed by atoms with Gasteiger partial charge in [-0.15, -0.1) is 0 Å². The first-order valence-electron chi connectivity index (χ1n) is 11.7. The second-order valence-electron chi connectivity index (χ2n) is 8.47. The number of benzene rings is 1. The van der Waals surface area contributed by atoms with Gasteiger partial charge in [-0.2, -0.15) is 0 Å². The summed E-state index contributed by atoms with van der Waals surface area (Å²) in [7, 11) is 1.59. The van der Waals surface area contributed by atoms with Gasteiger partial charge < -0.3 is 15.0 Å². The first-order valence-corrected chi connectivity index (χ1v) is 11.7. The molecule has 1 fully saturated rings. The van der Waals surface area contributed by atoms with Crippen molar-refractivity contribution in [3.8, 4) is 22.8 Å². The zero-order valence-electron chi connectivity index (χ0n) is 20.0. The summed E-state index contributed by atoms with van der Waals surface area (Å²) in [6.45, 7) is 1.48. The van der Waals surface area contributed by atoms with Crippen molar-refractivity contribution in [2.45, 2.75) is 12.8 Å². The normalized spacial score (nSPS) is 12.9. The number of ether oxygens (including phenoxy) is 1. The van der Waals surface area contributed by atoms with E-state index in [9.17, 15) is 14.0 Å². The molecule has 0 spiro atoms. The van der Waals surface area contributed by atoms with Crippen LogP contribution in [-0.2, 0) is 7.05 Å². The average molecular weight is 502 g/mol. The van der Waals surface area contributed by atoms with Crippen LogP contribution < -0.4 is 20.9 Å². The number of carbonyl (C=O) groups excluding carboxylic acids is 1. The third-order valence-electron chi connectivity index (χ3n) is 5.88. The number of carbonyl (C=O) groups is 1. The van der Waals surface area contributed by atoms with E-state index in [4.69, 9.17) is 4.74 Å². The number of nitrogens with zero attached hydrogens (tertiary/aromatic N) is 5. The Kier molecular flexibility index (Phi) is 6.75. The molecular weight excluding hydrogens is 477 g/mol. The summed E-state index contributed by atoms with van der Waals surface area (Å²) in [6.07, 6.45) is 6.50. The highest BCUT2D eigenvalue weighted by Gasteiger charge is 2.18. The van der Waals surface area contributed by atoms with Crippen LogP contribution in [0.2, 0.25) is 0 Å². The Morgan fingerprint density at radius 2 is 1.76 bits per heavy atom. The maximum Gasteiger partial charge on any atom is 0.323 e. The van der Waals surface area contributed by atoms with E-state index in [1.165, 1.54) is 29.1 Å². The van der Waals surface area contributed by atoms with E-state index < -0.39 is 0 Å². The van der Waals surface area contributed by atoms with Crippen molar-refractivity contribution in [3.05, 3.63) is 83.3 Å². The number of pyridine rings is 2. The monoisotopic (exact) mass is 501 g/mol. The van der Waals surface area contributed by atoms with Gasteiger partial charge in [-0.1, -0.05) is 0 Å². The molecule has 0 saturated carbocycles. The Labute approximate surface area is 211 Å². The van der Waals surface area contributed by atoms with Crippen LogP contribution in [0.4, 0.5) is 26.6 Å². The van der Waals surface area contributed by atoms with Gasteiger partial charge >= 0.3 is 6.03 Å². The van der Waals surface area contributed by atoms with Crippen LogP contribution in [-0.4, -0.2) is 43.5 Å². The van der Waals surface area contributed by atoms with E-state index in [1.807, 2.05) is 0 Å². The fourth-order valence-electron chi connectivity index (χ4n) is 3.89. The van der Waals surface area contributed by atoms with Crippen LogP contribution in [0.25, 0.3) is 11.3 Å².